The summed E-state index contributed by atoms with van der Waals surface area (Å²) in [5.41, 5.74) is 0.948. The molecule has 1 N–H and O–H groups in total. The highest BCUT2D eigenvalue weighted by Crippen LogP contribution is 2.20. The van der Waals surface area contributed by atoms with Crippen molar-refractivity contribution in [2.75, 3.05) is 18.8 Å². The first-order valence-electron chi connectivity index (χ1n) is 7.14. The van der Waals surface area contributed by atoms with Crippen LogP contribution < -0.4 is 5.32 Å². The molecule has 7 nitrogen and oxygen atoms in total. The van der Waals surface area contributed by atoms with E-state index >= 15 is 0 Å². The Hall–Kier alpha value is -1.93. The van der Waals surface area contributed by atoms with Crippen LogP contribution in [0.15, 0.2) is 29.4 Å². The molecule has 2 aromatic rings. The molecule has 0 unspecified atom stereocenters. The van der Waals surface area contributed by atoms with E-state index in [1.807, 2.05) is 0 Å². The zero-order chi connectivity index (χ0) is 15.5. The summed E-state index contributed by atoms with van der Waals surface area (Å²) in [4.78, 5) is 18.8. The van der Waals surface area contributed by atoms with Crippen LogP contribution in [0, 0.1) is 16.0 Å². The number of non-ortho nitro benzene ring substituents is 1. The van der Waals surface area contributed by atoms with Crippen LogP contribution in [-0.2, 0) is 10.8 Å². The van der Waals surface area contributed by atoms with Gasteiger partial charge in [0, 0.05) is 17.9 Å². The lowest BCUT2D eigenvalue weighted by molar-refractivity contribution is -0.384. The third-order valence-corrected chi connectivity index (χ3v) is 5.23. The number of hydrogen-bond donors (Lipinski definition) is 1. The molecule has 1 saturated heterocycles. The van der Waals surface area contributed by atoms with Crippen LogP contribution in [0.25, 0.3) is 11.0 Å². The molecule has 3 rings (SSSR count). The zero-order valence-electron chi connectivity index (χ0n) is 11.9. The van der Waals surface area contributed by atoms with Crippen LogP contribution in [0.3, 0.4) is 0 Å². The van der Waals surface area contributed by atoms with E-state index in [2.05, 4.69) is 15.3 Å². The van der Waals surface area contributed by atoms with Gasteiger partial charge in [0.25, 0.3) is 5.69 Å². The van der Waals surface area contributed by atoms with E-state index in [0.29, 0.717) is 27.7 Å². The van der Waals surface area contributed by atoms with Crippen LogP contribution in [-0.4, -0.2) is 37.9 Å². The molecule has 0 amide bonds. The van der Waals surface area contributed by atoms with Crippen LogP contribution in [0.5, 0.6) is 0 Å². The predicted molar refractivity (Wildman–Crippen MR) is 83.1 cm³/mol. The van der Waals surface area contributed by atoms with E-state index in [0.717, 1.165) is 25.9 Å². The van der Waals surface area contributed by atoms with Gasteiger partial charge in [-0.3, -0.25) is 19.3 Å². The second-order valence-corrected chi connectivity index (χ2v) is 6.79. The molecule has 116 valence electrons. The Morgan fingerprint density at radius 3 is 2.82 bits per heavy atom. The van der Waals surface area contributed by atoms with Crippen molar-refractivity contribution in [2.24, 2.45) is 5.92 Å². The van der Waals surface area contributed by atoms with Gasteiger partial charge < -0.3 is 5.32 Å². The summed E-state index contributed by atoms with van der Waals surface area (Å²) >= 11 is 0. The molecule has 1 aromatic carbocycles. The summed E-state index contributed by atoms with van der Waals surface area (Å²) in [6.07, 6.45) is 3.52. The number of nitro benzene ring substituents is 1. The Labute approximate surface area is 129 Å². The molecule has 8 heteroatoms. The lowest BCUT2D eigenvalue weighted by Crippen LogP contribution is -2.30. The number of rotatable bonds is 4. The summed E-state index contributed by atoms with van der Waals surface area (Å²) in [5.74, 6) is 1.03. The summed E-state index contributed by atoms with van der Waals surface area (Å²) in [7, 11) is -1.19. The van der Waals surface area contributed by atoms with Crippen molar-refractivity contribution in [1.82, 2.24) is 15.3 Å². The molecular formula is C14H16N4O3S. The van der Waals surface area contributed by atoms with Crippen molar-refractivity contribution in [1.29, 1.82) is 0 Å². The maximum absolute atomic E-state index is 12.4. The zero-order valence-corrected chi connectivity index (χ0v) is 12.7. The Balaban J connectivity index is 1.80. The Morgan fingerprint density at radius 1 is 1.32 bits per heavy atom. The monoisotopic (exact) mass is 320 g/mol. The fraction of sp³-hybridized carbons (Fsp3) is 0.429. The number of nitrogens with one attached hydrogen (secondary N) is 1. The van der Waals surface area contributed by atoms with Crippen molar-refractivity contribution in [2.45, 2.75) is 17.9 Å². The molecule has 0 aliphatic carbocycles. The molecule has 22 heavy (non-hydrogen) atoms. The van der Waals surface area contributed by atoms with Crippen molar-refractivity contribution in [3.8, 4) is 0 Å². The molecular weight excluding hydrogens is 304 g/mol. The first-order chi connectivity index (χ1) is 10.6. The Bertz CT molecular complexity index is 731. The van der Waals surface area contributed by atoms with E-state index in [-0.39, 0.29) is 5.69 Å². The van der Waals surface area contributed by atoms with Crippen LogP contribution in [0.4, 0.5) is 5.69 Å². The minimum atomic E-state index is -1.19. The number of hydrogen-bond acceptors (Lipinski definition) is 6. The lowest BCUT2D eigenvalue weighted by Gasteiger charge is -2.21. The van der Waals surface area contributed by atoms with Gasteiger partial charge in [-0.15, -0.1) is 0 Å². The molecule has 1 fully saturated rings. The van der Waals surface area contributed by atoms with Gasteiger partial charge in [0.1, 0.15) is 5.03 Å². The minimum Gasteiger partial charge on any atom is -0.317 e. The largest absolute Gasteiger partial charge is 0.317 e. The van der Waals surface area contributed by atoms with E-state index in [9.17, 15) is 14.3 Å². The third-order valence-electron chi connectivity index (χ3n) is 3.79. The Kier molecular flexibility index (Phi) is 4.39. The van der Waals surface area contributed by atoms with Crippen LogP contribution >= 0.6 is 0 Å². The average molecular weight is 320 g/mol. The van der Waals surface area contributed by atoms with E-state index in [1.165, 1.54) is 18.3 Å². The molecule has 1 aliphatic rings. The van der Waals surface area contributed by atoms with Crippen molar-refractivity contribution in [3.63, 3.8) is 0 Å². The third kappa shape index (κ3) is 3.28. The maximum Gasteiger partial charge on any atom is 0.271 e. The summed E-state index contributed by atoms with van der Waals surface area (Å²) < 4.78 is 12.4. The van der Waals surface area contributed by atoms with Crippen LogP contribution in [0.1, 0.15) is 12.8 Å². The van der Waals surface area contributed by atoms with Gasteiger partial charge >= 0.3 is 0 Å². The summed E-state index contributed by atoms with van der Waals surface area (Å²) in [6, 6.07) is 4.31. The molecule has 0 bridgehead atoms. The highest BCUT2D eigenvalue weighted by molar-refractivity contribution is 7.84. The van der Waals surface area contributed by atoms with Gasteiger partial charge in [-0.05, 0) is 37.9 Å². The number of aromatic nitrogens is 2. The molecule has 0 saturated carbocycles. The van der Waals surface area contributed by atoms with E-state index < -0.39 is 15.7 Å². The number of benzene rings is 1. The normalized spacial score (nSPS) is 17.5. The molecule has 0 spiro atoms. The number of fused-ring (bicyclic) bond motifs is 1. The van der Waals surface area contributed by atoms with E-state index in [1.54, 1.807) is 6.07 Å². The average Bonchev–Trinajstić information content (AvgIpc) is 2.54. The van der Waals surface area contributed by atoms with Gasteiger partial charge in [-0.2, -0.15) is 0 Å². The lowest BCUT2D eigenvalue weighted by atomic mass is 10.0. The second kappa shape index (κ2) is 6.45. The minimum absolute atomic E-state index is 0.0228. The van der Waals surface area contributed by atoms with Gasteiger partial charge in [-0.25, -0.2) is 4.98 Å². The van der Waals surface area contributed by atoms with Gasteiger partial charge in [0.2, 0.25) is 0 Å². The molecule has 0 radical (unpaired) electrons. The topological polar surface area (TPSA) is 98.0 Å². The van der Waals surface area contributed by atoms with Gasteiger partial charge in [0.05, 0.1) is 33.0 Å². The standard InChI is InChI=1S/C14H16N4O3S/c19-18(20)11-1-2-12-13(7-11)16-8-14(17-12)22(21)9-10-3-5-15-6-4-10/h1-2,7-8,10,15H,3-6,9H2/t22-/m1/s1. The highest BCUT2D eigenvalue weighted by Gasteiger charge is 2.18. The molecule has 1 aliphatic heterocycles. The first-order valence-corrected chi connectivity index (χ1v) is 8.45. The quantitative estimate of drug-likeness (QED) is 0.679. The number of nitro groups is 1. The fourth-order valence-corrected chi connectivity index (χ4v) is 3.86. The SMILES string of the molecule is O=[N+]([O-])c1ccc2nc([S@](=O)CC3CCNCC3)cnc2c1. The fourth-order valence-electron chi connectivity index (χ4n) is 2.55. The van der Waals surface area contributed by atoms with Crippen LogP contribution in [0.2, 0.25) is 0 Å². The van der Waals surface area contributed by atoms with Gasteiger partial charge in [0.15, 0.2) is 0 Å². The molecule has 2 heterocycles. The highest BCUT2D eigenvalue weighted by atomic mass is 32.2. The first kappa shape index (κ1) is 15.0. The van der Waals surface area contributed by atoms with E-state index in [4.69, 9.17) is 0 Å². The van der Waals surface area contributed by atoms with Gasteiger partial charge in [-0.1, -0.05) is 0 Å². The number of piperidine rings is 1. The Morgan fingerprint density at radius 2 is 2.09 bits per heavy atom. The second-order valence-electron chi connectivity index (χ2n) is 5.34. The van der Waals surface area contributed by atoms with Crippen molar-refractivity contribution < 1.29 is 9.13 Å². The maximum atomic E-state index is 12.4. The van der Waals surface area contributed by atoms with Crippen molar-refractivity contribution in [3.05, 3.63) is 34.5 Å². The number of nitrogens with zero attached hydrogens (tertiary/aromatic N) is 3. The summed E-state index contributed by atoms with van der Waals surface area (Å²) in [6.45, 7) is 1.93. The smallest absolute Gasteiger partial charge is 0.271 e. The predicted octanol–water partition coefficient (Wildman–Crippen LogP) is 1.65. The molecule has 1 aromatic heterocycles. The summed E-state index contributed by atoms with van der Waals surface area (Å²) in [5, 5.41) is 14.5. The van der Waals surface area contributed by atoms with Crippen molar-refractivity contribution >= 4 is 27.5 Å². The molecule has 1 atom stereocenters.